The molecule has 0 spiro atoms. The zero-order chi connectivity index (χ0) is 14.4. The standard InChI is InChI=1S/C17H18O3/c1-3-5-6-7-9-13-12-14-15(19-13)10-8-11-16(14)20-17(18)4-2/h2,8,10-12H,3,5-7,9H2,1H3. The molecule has 3 nitrogen and oxygen atoms in total. The Morgan fingerprint density at radius 2 is 2.20 bits per heavy atom. The number of carbonyl (C=O) groups is 1. The Balaban J connectivity index is 2.14. The maximum Gasteiger partial charge on any atom is 0.389 e. The fourth-order valence-electron chi connectivity index (χ4n) is 2.15. The van der Waals surface area contributed by atoms with Gasteiger partial charge in [-0.3, -0.25) is 0 Å². The van der Waals surface area contributed by atoms with E-state index < -0.39 is 5.97 Å². The van der Waals surface area contributed by atoms with Crippen molar-refractivity contribution in [1.29, 1.82) is 0 Å². The normalized spacial score (nSPS) is 10.4. The van der Waals surface area contributed by atoms with Crippen LogP contribution in [0.25, 0.3) is 11.0 Å². The van der Waals surface area contributed by atoms with E-state index in [4.69, 9.17) is 15.6 Å². The maximum atomic E-state index is 11.2. The van der Waals surface area contributed by atoms with Crippen molar-refractivity contribution in [2.75, 3.05) is 0 Å². The molecule has 3 heteroatoms. The summed E-state index contributed by atoms with van der Waals surface area (Å²) in [4.78, 5) is 11.2. The molecule has 104 valence electrons. The molecule has 1 heterocycles. The van der Waals surface area contributed by atoms with Crippen LogP contribution in [0.2, 0.25) is 0 Å². The number of terminal acetylenes is 1. The van der Waals surface area contributed by atoms with Crippen molar-refractivity contribution in [3.8, 4) is 18.1 Å². The Hall–Kier alpha value is -2.21. The molecule has 2 rings (SSSR count). The van der Waals surface area contributed by atoms with Crippen molar-refractivity contribution in [3.05, 3.63) is 30.0 Å². The van der Waals surface area contributed by atoms with E-state index in [0.717, 1.165) is 29.6 Å². The minimum Gasteiger partial charge on any atom is -0.461 e. The first-order valence-corrected chi connectivity index (χ1v) is 6.94. The van der Waals surface area contributed by atoms with Gasteiger partial charge < -0.3 is 9.15 Å². The second-order valence-corrected chi connectivity index (χ2v) is 4.73. The molecule has 0 amide bonds. The second-order valence-electron chi connectivity index (χ2n) is 4.73. The van der Waals surface area contributed by atoms with Crippen LogP contribution in [-0.2, 0) is 11.2 Å². The number of unbranched alkanes of at least 4 members (excludes halogenated alkanes) is 3. The lowest BCUT2D eigenvalue weighted by atomic mass is 10.1. The first-order chi connectivity index (χ1) is 9.74. The first-order valence-electron chi connectivity index (χ1n) is 6.94. The third-order valence-electron chi connectivity index (χ3n) is 3.17. The number of furan rings is 1. The van der Waals surface area contributed by atoms with Crippen LogP contribution >= 0.6 is 0 Å². The molecular formula is C17H18O3. The van der Waals surface area contributed by atoms with Crippen molar-refractivity contribution in [3.63, 3.8) is 0 Å². The average molecular weight is 270 g/mol. The molecule has 0 saturated carbocycles. The van der Waals surface area contributed by atoms with Gasteiger partial charge >= 0.3 is 5.97 Å². The molecule has 20 heavy (non-hydrogen) atoms. The fraction of sp³-hybridized carbons (Fsp3) is 0.353. The van der Waals surface area contributed by atoms with Crippen molar-refractivity contribution in [2.24, 2.45) is 0 Å². The lowest BCUT2D eigenvalue weighted by molar-refractivity contribution is -0.127. The molecule has 0 unspecified atom stereocenters. The highest BCUT2D eigenvalue weighted by molar-refractivity contribution is 5.93. The van der Waals surface area contributed by atoms with Gasteiger partial charge in [0, 0.05) is 12.3 Å². The minimum atomic E-state index is -0.691. The van der Waals surface area contributed by atoms with E-state index in [1.807, 2.05) is 18.1 Å². The molecule has 0 bridgehead atoms. The number of fused-ring (bicyclic) bond motifs is 1. The van der Waals surface area contributed by atoms with Gasteiger partial charge in [-0.1, -0.05) is 32.3 Å². The molecule has 1 aromatic carbocycles. The van der Waals surface area contributed by atoms with Crippen molar-refractivity contribution in [1.82, 2.24) is 0 Å². The lowest BCUT2D eigenvalue weighted by Crippen LogP contribution is -2.03. The third kappa shape index (κ3) is 3.42. The molecule has 0 atom stereocenters. The average Bonchev–Trinajstić information content (AvgIpc) is 2.87. The summed E-state index contributed by atoms with van der Waals surface area (Å²) in [5, 5.41) is 0.793. The summed E-state index contributed by atoms with van der Waals surface area (Å²) in [6.45, 7) is 2.19. The molecule has 1 aromatic heterocycles. The van der Waals surface area contributed by atoms with Crippen LogP contribution in [-0.4, -0.2) is 5.97 Å². The number of benzene rings is 1. The first kappa shape index (κ1) is 14.2. The third-order valence-corrected chi connectivity index (χ3v) is 3.17. The van der Waals surface area contributed by atoms with Gasteiger partial charge in [-0.05, 0) is 24.6 Å². The molecule has 0 aliphatic carbocycles. The number of rotatable bonds is 6. The summed E-state index contributed by atoms with van der Waals surface area (Å²) in [6, 6.07) is 7.29. The molecule has 0 radical (unpaired) electrons. The number of aryl methyl sites for hydroxylation is 1. The Kier molecular flexibility index (Phi) is 4.84. The van der Waals surface area contributed by atoms with E-state index in [-0.39, 0.29) is 0 Å². The number of esters is 1. The highest BCUT2D eigenvalue weighted by atomic mass is 16.5. The van der Waals surface area contributed by atoms with E-state index in [0.29, 0.717) is 5.75 Å². The van der Waals surface area contributed by atoms with Gasteiger partial charge in [0.2, 0.25) is 0 Å². The molecule has 0 aliphatic heterocycles. The smallest absolute Gasteiger partial charge is 0.389 e. The predicted octanol–water partition coefficient (Wildman–Crippen LogP) is 4.09. The minimum absolute atomic E-state index is 0.453. The predicted molar refractivity (Wildman–Crippen MR) is 78.5 cm³/mol. The topological polar surface area (TPSA) is 39.4 Å². The summed E-state index contributed by atoms with van der Waals surface area (Å²) in [7, 11) is 0. The molecule has 2 aromatic rings. The Morgan fingerprint density at radius 1 is 1.35 bits per heavy atom. The van der Waals surface area contributed by atoms with Gasteiger partial charge in [0.25, 0.3) is 0 Å². The fourth-order valence-corrected chi connectivity index (χ4v) is 2.15. The summed E-state index contributed by atoms with van der Waals surface area (Å²) in [6.07, 6.45) is 10.7. The Bertz CT molecular complexity index is 631. The lowest BCUT2D eigenvalue weighted by Gasteiger charge is -1.99. The summed E-state index contributed by atoms with van der Waals surface area (Å²) < 4.78 is 10.9. The van der Waals surface area contributed by atoms with E-state index in [1.165, 1.54) is 19.3 Å². The zero-order valence-electron chi connectivity index (χ0n) is 11.6. The number of ether oxygens (including phenoxy) is 1. The molecule has 0 saturated heterocycles. The zero-order valence-corrected chi connectivity index (χ0v) is 11.6. The maximum absolute atomic E-state index is 11.2. The molecular weight excluding hydrogens is 252 g/mol. The SMILES string of the molecule is C#CC(=O)Oc1cccc2oc(CCCCCC)cc12. The van der Waals surface area contributed by atoms with E-state index in [1.54, 1.807) is 12.1 Å². The van der Waals surface area contributed by atoms with Crippen LogP contribution in [0.4, 0.5) is 0 Å². The van der Waals surface area contributed by atoms with Crippen molar-refractivity contribution < 1.29 is 13.9 Å². The van der Waals surface area contributed by atoms with Crippen LogP contribution in [0.1, 0.15) is 38.4 Å². The van der Waals surface area contributed by atoms with E-state index in [9.17, 15) is 4.79 Å². The quantitative estimate of drug-likeness (QED) is 0.261. The van der Waals surface area contributed by atoms with Gasteiger partial charge in [-0.2, -0.15) is 0 Å². The Labute approximate surface area is 118 Å². The van der Waals surface area contributed by atoms with E-state index in [2.05, 4.69) is 6.92 Å². The largest absolute Gasteiger partial charge is 0.461 e. The highest BCUT2D eigenvalue weighted by Crippen LogP contribution is 2.29. The van der Waals surface area contributed by atoms with E-state index >= 15 is 0 Å². The highest BCUT2D eigenvalue weighted by Gasteiger charge is 2.10. The van der Waals surface area contributed by atoms with Crippen molar-refractivity contribution >= 4 is 16.9 Å². The summed E-state index contributed by atoms with van der Waals surface area (Å²) in [5.41, 5.74) is 0.720. The summed E-state index contributed by atoms with van der Waals surface area (Å²) in [5.74, 6) is 2.62. The molecule has 0 aliphatic rings. The van der Waals surface area contributed by atoms with Gasteiger partial charge in [0.15, 0.2) is 0 Å². The number of carbonyl (C=O) groups excluding carboxylic acids is 1. The number of hydrogen-bond acceptors (Lipinski definition) is 3. The van der Waals surface area contributed by atoms with Crippen LogP contribution in [0, 0.1) is 12.3 Å². The van der Waals surface area contributed by atoms with Crippen LogP contribution < -0.4 is 4.74 Å². The Morgan fingerprint density at radius 3 is 2.95 bits per heavy atom. The van der Waals surface area contributed by atoms with Crippen LogP contribution in [0.15, 0.2) is 28.7 Å². The molecule has 0 fully saturated rings. The summed E-state index contributed by atoms with van der Waals surface area (Å²) >= 11 is 0. The van der Waals surface area contributed by atoms with Gasteiger partial charge in [-0.25, -0.2) is 4.79 Å². The van der Waals surface area contributed by atoms with Crippen LogP contribution in [0.3, 0.4) is 0 Å². The van der Waals surface area contributed by atoms with Gasteiger partial charge in [-0.15, -0.1) is 6.42 Å². The second kappa shape index (κ2) is 6.81. The van der Waals surface area contributed by atoms with Crippen molar-refractivity contribution in [2.45, 2.75) is 39.0 Å². The number of hydrogen-bond donors (Lipinski definition) is 0. The van der Waals surface area contributed by atoms with Crippen LogP contribution in [0.5, 0.6) is 5.75 Å². The van der Waals surface area contributed by atoms with Gasteiger partial charge in [0.1, 0.15) is 17.1 Å². The van der Waals surface area contributed by atoms with Gasteiger partial charge in [0.05, 0.1) is 5.39 Å². The molecule has 0 N–H and O–H groups in total. The monoisotopic (exact) mass is 270 g/mol.